The molecule has 2 rings (SSSR count). The Balaban J connectivity index is 2.23. The molecule has 4 heteroatoms. The number of thiazole rings is 1. The number of nitrogens with one attached hydrogen (secondary N) is 1. The van der Waals surface area contributed by atoms with E-state index in [4.69, 9.17) is 4.98 Å². The number of anilines is 1. The highest BCUT2D eigenvalue weighted by atomic mass is 32.1. The second-order valence-corrected chi connectivity index (χ2v) is 5.68. The zero-order valence-electron chi connectivity index (χ0n) is 11.1. The number of nitrogens with zero attached hydrogens (tertiary/aromatic N) is 2. The Morgan fingerprint density at radius 3 is 2.94 bits per heavy atom. The third-order valence-electron chi connectivity index (χ3n) is 3.44. The zero-order valence-corrected chi connectivity index (χ0v) is 11.9. The quantitative estimate of drug-likeness (QED) is 0.874. The van der Waals surface area contributed by atoms with E-state index in [9.17, 15) is 0 Å². The number of fused-ring (bicyclic) bond motifs is 1. The van der Waals surface area contributed by atoms with Crippen LogP contribution in [0.1, 0.15) is 49.7 Å². The molecule has 0 fully saturated rings. The van der Waals surface area contributed by atoms with Crippen LogP contribution in [0.4, 0.5) is 5.13 Å². The van der Waals surface area contributed by atoms with Crippen molar-refractivity contribution in [1.29, 1.82) is 0 Å². The number of aryl methyl sites for hydroxylation is 1. The van der Waals surface area contributed by atoms with E-state index in [0.717, 1.165) is 13.1 Å². The fourth-order valence-electron chi connectivity index (χ4n) is 2.48. The van der Waals surface area contributed by atoms with Crippen molar-refractivity contribution in [2.75, 3.05) is 25.0 Å². The smallest absolute Gasteiger partial charge is 0.185 e. The molecule has 1 aliphatic rings. The number of hydrogen-bond donors (Lipinski definition) is 1. The summed E-state index contributed by atoms with van der Waals surface area (Å²) in [5.41, 5.74) is 1.31. The zero-order chi connectivity index (χ0) is 12.3. The van der Waals surface area contributed by atoms with E-state index in [0.29, 0.717) is 6.04 Å². The molecule has 0 amide bonds. The Morgan fingerprint density at radius 2 is 2.29 bits per heavy atom. The van der Waals surface area contributed by atoms with Crippen LogP contribution in [-0.4, -0.2) is 25.1 Å². The highest BCUT2D eigenvalue weighted by Gasteiger charge is 2.24. The second-order valence-electron chi connectivity index (χ2n) is 4.62. The summed E-state index contributed by atoms with van der Waals surface area (Å²) in [6.45, 7) is 6.62. The van der Waals surface area contributed by atoms with Crippen molar-refractivity contribution in [3.05, 3.63) is 10.6 Å². The van der Waals surface area contributed by atoms with Gasteiger partial charge < -0.3 is 10.2 Å². The first-order chi connectivity index (χ1) is 8.30. The molecule has 1 aromatic heterocycles. The van der Waals surface area contributed by atoms with Gasteiger partial charge in [0.2, 0.25) is 0 Å². The second kappa shape index (κ2) is 5.83. The minimum atomic E-state index is 0.476. The average molecular weight is 253 g/mol. The SMILES string of the molecule is CCCN(CC)c1nc2c(s1)CCCC2NC. The fraction of sp³-hybridized carbons (Fsp3) is 0.769. The molecule has 0 aliphatic heterocycles. The largest absolute Gasteiger partial charge is 0.348 e. The molecule has 1 atom stereocenters. The van der Waals surface area contributed by atoms with Gasteiger partial charge in [0.25, 0.3) is 0 Å². The predicted molar refractivity (Wildman–Crippen MR) is 75.0 cm³/mol. The summed E-state index contributed by atoms with van der Waals surface area (Å²) in [6.07, 6.45) is 4.93. The molecule has 1 aliphatic carbocycles. The van der Waals surface area contributed by atoms with Gasteiger partial charge in [-0.1, -0.05) is 6.92 Å². The molecule has 1 aromatic rings. The highest BCUT2D eigenvalue weighted by Crippen LogP contribution is 2.36. The van der Waals surface area contributed by atoms with Gasteiger partial charge in [-0.3, -0.25) is 0 Å². The van der Waals surface area contributed by atoms with Crippen molar-refractivity contribution < 1.29 is 0 Å². The topological polar surface area (TPSA) is 28.2 Å². The summed E-state index contributed by atoms with van der Waals surface area (Å²) in [7, 11) is 2.04. The lowest BCUT2D eigenvalue weighted by atomic mass is 9.98. The molecule has 1 unspecified atom stereocenters. The molecule has 0 radical (unpaired) electrons. The average Bonchev–Trinajstić information content (AvgIpc) is 2.79. The third-order valence-corrected chi connectivity index (χ3v) is 4.63. The Hall–Kier alpha value is -0.610. The lowest BCUT2D eigenvalue weighted by Crippen LogP contribution is -2.24. The summed E-state index contributed by atoms with van der Waals surface area (Å²) >= 11 is 1.90. The molecule has 0 aromatic carbocycles. The molecule has 17 heavy (non-hydrogen) atoms. The Kier molecular flexibility index (Phi) is 4.40. The van der Waals surface area contributed by atoms with Gasteiger partial charge in [-0.2, -0.15) is 0 Å². The lowest BCUT2D eigenvalue weighted by Gasteiger charge is -2.20. The van der Waals surface area contributed by atoms with Crippen molar-refractivity contribution >= 4 is 16.5 Å². The van der Waals surface area contributed by atoms with Gasteiger partial charge in [-0.05, 0) is 39.7 Å². The summed E-state index contributed by atoms with van der Waals surface area (Å²) < 4.78 is 0. The molecule has 0 spiro atoms. The lowest BCUT2D eigenvalue weighted by molar-refractivity contribution is 0.489. The third kappa shape index (κ3) is 2.63. The van der Waals surface area contributed by atoms with Crippen LogP contribution >= 0.6 is 11.3 Å². The van der Waals surface area contributed by atoms with Crippen LogP contribution in [0, 0.1) is 0 Å². The van der Waals surface area contributed by atoms with E-state index >= 15 is 0 Å². The normalized spacial score (nSPS) is 19.1. The molecular weight excluding hydrogens is 230 g/mol. The first-order valence-electron chi connectivity index (χ1n) is 6.71. The maximum atomic E-state index is 4.87. The van der Waals surface area contributed by atoms with Crippen molar-refractivity contribution in [1.82, 2.24) is 10.3 Å². The number of rotatable bonds is 5. The van der Waals surface area contributed by atoms with Crippen LogP contribution in [0.25, 0.3) is 0 Å². The van der Waals surface area contributed by atoms with E-state index < -0.39 is 0 Å². The van der Waals surface area contributed by atoms with Crippen LogP contribution in [-0.2, 0) is 6.42 Å². The molecule has 0 bridgehead atoms. The van der Waals surface area contributed by atoms with E-state index in [1.807, 2.05) is 18.4 Å². The van der Waals surface area contributed by atoms with Gasteiger partial charge >= 0.3 is 0 Å². The predicted octanol–water partition coefficient (Wildman–Crippen LogP) is 2.98. The molecule has 96 valence electrons. The van der Waals surface area contributed by atoms with Gasteiger partial charge in [-0.25, -0.2) is 4.98 Å². The summed E-state index contributed by atoms with van der Waals surface area (Å²) in [5, 5.41) is 4.61. The monoisotopic (exact) mass is 253 g/mol. The number of aromatic nitrogens is 1. The molecular formula is C13H23N3S. The standard InChI is InChI=1S/C13H23N3S/c1-4-9-16(5-2)13-15-12-10(14-3)7-6-8-11(12)17-13/h10,14H,4-9H2,1-3H3. The van der Waals surface area contributed by atoms with Gasteiger partial charge in [0.15, 0.2) is 5.13 Å². The van der Waals surface area contributed by atoms with Crippen molar-refractivity contribution in [3.8, 4) is 0 Å². The van der Waals surface area contributed by atoms with Gasteiger partial charge in [-0.15, -0.1) is 11.3 Å². The maximum absolute atomic E-state index is 4.87. The first kappa shape index (κ1) is 12.8. The van der Waals surface area contributed by atoms with Gasteiger partial charge in [0, 0.05) is 18.0 Å². The van der Waals surface area contributed by atoms with Crippen LogP contribution in [0.15, 0.2) is 0 Å². The summed E-state index contributed by atoms with van der Waals surface area (Å²) in [4.78, 5) is 8.77. The minimum absolute atomic E-state index is 0.476. The maximum Gasteiger partial charge on any atom is 0.185 e. The van der Waals surface area contributed by atoms with Crippen LogP contribution in [0.2, 0.25) is 0 Å². The van der Waals surface area contributed by atoms with E-state index in [-0.39, 0.29) is 0 Å². The van der Waals surface area contributed by atoms with Crippen LogP contribution in [0.5, 0.6) is 0 Å². The van der Waals surface area contributed by atoms with Crippen LogP contribution < -0.4 is 10.2 Å². The van der Waals surface area contributed by atoms with Crippen LogP contribution in [0.3, 0.4) is 0 Å². The highest BCUT2D eigenvalue weighted by molar-refractivity contribution is 7.15. The van der Waals surface area contributed by atoms with Gasteiger partial charge in [0.1, 0.15) is 0 Å². The minimum Gasteiger partial charge on any atom is -0.348 e. The Bertz CT molecular complexity index is 362. The first-order valence-corrected chi connectivity index (χ1v) is 7.53. The summed E-state index contributed by atoms with van der Waals surface area (Å²) in [6, 6.07) is 0.476. The molecule has 1 N–H and O–H groups in total. The van der Waals surface area contributed by atoms with Gasteiger partial charge in [0.05, 0.1) is 11.7 Å². The van der Waals surface area contributed by atoms with Crippen molar-refractivity contribution in [2.45, 2.75) is 45.6 Å². The molecule has 0 saturated carbocycles. The summed E-state index contributed by atoms with van der Waals surface area (Å²) in [5.74, 6) is 0. The number of hydrogen-bond acceptors (Lipinski definition) is 4. The molecule has 0 saturated heterocycles. The Labute approximate surface area is 108 Å². The molecule has 1 heterocycles. The Morgan fingerprint density at radius 1 is 1.47 bits per heavy atom. The fourth-order valence-corrected chi connectivity index (χ4v) is 3.73. The van der Waals surface area contributed by atoms with E-state index in [1.54, 1.807) is 0 Å². The van der Waals surface area contributed by atoms with E-state index in [2.05, 4.69) is 24.1 Å². The molecule has 3 nitrogen and oxygen atoms in total. The van der Waals surface area contributed by atoms with Crippen molar-refractivity contribution in [2.24, 2.45) is 0 Å². The van der Waals surface area contributed by atoms with E-state index in [1.165, 1.54) is 41.4 Å². The van der Waals surface area contributed by atoms with Crippen molar-refractivity contribution in [3.63, 3.8) is 0 Å².